The van der Waals surface area contributed by atoms with Gasteiger partial charge in [0.15, 0.2) is 0 Å². The summed E-state index contributed by atoms with van der Waals surface area (Å²) in [5, 5.41) is 4.50. The number of aryl methyl sites for hydroxylation is 2. The van der Waals surface area contributed by atoms with Gasteiger partial charge in [-0.1, -0.05) is 35.4 Å². The van der Waals surface area contributed by atoms with E-state index in [2.05, 4.69) is 5.32 Å². The van der Waals surface area contributed by atoms with Crippen molar-refractivity contribution in [3.05, 3.63) is 59.7 Å². The number of imide groups is 1. The van der Waals surface area contributed by atoms with Gasteiger partial charge in [0.05, 0.1) is 11.9 Å². The number of carbonyl (C=O) groups excluding carboxylic acids is 2. The SMILES string of the molecule is Cc1ccc(NC(=O)NC(=O)N(c2ccc(C)cc2)S(C)(=O)=O)cc1. The molecule has 0 atom stereocenters. The molecule has 0 spiro atoms. The number of nitrogens with one attached hydrogen (secondary N) is 2. The first-order chi connectivity index (χ1) is 11.7. The number of sulfonamides is 1. The zero-order valence-corrected chi connectivity index (χ0v) is 14.9. The van der Waals surface area contributed by atoms with Gasteiger partial charge in [-0.25, -0.2) is 18.0 Å². The second-order valence-electron chi connectivity index (χ2n) is 5.61. The summed E-state index contributed by atoms with van der Waals surface area (Å²) in [5.74, 6) is 0. The molecule has 0 heterocycles. The molecule has 2 N–H and O–H groups in total. The lowest BCUT2D eigenvalue weighted by atomic mass is 10.2. The first-order valence-corrected chi connectivity index (χ1v) is 9.27. The van der Waals surface area contributed by atoms with Gasteiger partial charge in [-0.3, -0.25) is 5.32 Å². The lowest BCUT2D eigenvalue weighted by molar-refractivity contribution is 0.238. The van der Waals surface area contributed by atoms with Crippen LogP contribution in [0, 0.1) is 13.8 Å². The summed E-state index contributed by atoms with van der Waals surface area (Å²) in [7, 11) is -3.91. The van der Waals surface area contributed by atoms with E-state index in [1.807, 2.05) is 19.2 Å². The molecule has 0 fully saturated rings. The molecule has 2 aromatic rings. The van der Waals surface area contributed by atoms with Crippen molar-refractivity contribution >= 4 is 33.5 Å². The van der Waals surface area contributed by atoms with E-state index in [0.717, 1.165) is 17.4 Å². The maximum Gasteiger partial charge on any atom is 0.343 e. The molecule has 0 saturated heterocycles. The van der Waals surface area contributed by atoms with Crippen molar-refractivity contribution in [3.8, 4) is 0 Å². The summed E-state index contributed by atoms with van der Waals surface area (Å²) in [6.45, 7) is 3.74. The first-order valence-electron chi connectivity index (χ1n) is 7.42. The third-order valence-corrected chi connectivity index (χ3v) is 4.35. The van der Waals surface area contributed by atoms with Crippen LogP contribution in [0.1, 0.15) is 11.1 Å². The third kappa shape index (κ3) is 5.05. The smallest absolute Gasteiger partial charge is 0.308 e. The van der Waals surface area contributed by atoms with Crippen LogP contribution in [0.25, 0.3) is 0 Å². The zero-order chi connectivity index (χ0) is 18.6. The number of hydrogen-bond acceptors (Lipinski definition) is 4. The number of hydrogen-bond donors (Lipinski definition) is 2. The number of benzene rings is 2. The minimum atomic E-state index is -3.91. The van der Waals surface area contributed by atoms with Crippen LogP contribution in [0.5, 0.6) is 0 Å². The van der Waals surface area contributed by atoms with Crippen molar-refractivity contribution < 1.29 is 18.0 Å². The largest absolute Gasteiger partial charge is 0.343 e. The summed E-state index contributed by atoms with van der Waals surface area (Å²) in [6.07, 6.45) is 0.893. The number of nitrogens with zero attached hydrogens (tertiary/aromatic N) is 1. The van der Waals surface area contributed by atoms with Crippen molar-refractivity contribution in [2.45, 2.75) is 13.8 Å². The Bertz CT molecular complexity index is 875. The van der Waals surface area contributed by atoms with Gasteiger partial charge >= 0.3 is 12.1 Å². The first kappa shape index (κ1) is 18.5. The Morgan fingerprint density at radius 1 is 0.880 bits per heavy atom. The highest BCUT2D eigenvalue weighted by Crippen LogP contribution is 2.18. The minimum absolute atomic E-state index is 0.147. The summed E-state index contributed by atoms with van der Waals surface area (Å²) < 4.78 is 24.5. The van der Waals surface area contributed by atoms with Crippen LogP contribution in [0.3, 0.4) is 0 Å². The van der Waals surface area contributed by atoms with Gasteiger partial charge in [0.2, 0.25) is 10.0 Å². The Hall–Kier alpha value is -2.87. The molecular formula is C17H19N3O4S. The van der Waals surface area contributed by atoms with Crippen LogP contribution in [-0.2, 0) is 10.0 Å². The molecule has 0 saturated carbocycles. The Labute approximate surface area is 146 Å². The van der Waals surface area contributed by atoms with Crippen molar-refractivity contribution in [2.75, 3.05) is 15.9 Å². The van der Waals surface area contributed by atoms with Crippen molar-refractivity contribution in [1.29, 1.82) is 0 Å². The number of urea groups is 2. The average molecular weight is 361 g/mol. The fourth-order valence-corrected chi connectivity index (χ4v) is 2.94. The summed E-state index contributed by atoms with van der Waals surface area (Å²) in [6, 6.07) is 11.4. The molecule has 0 radical (unpaired) electrons. The molecule has 0 aliphatic carbocycles. The van der Waals surface area contributed by atoms with E-state index in [1.165, 1.54) is 12.1 Å². The predicted octanol–water partition coefficient (Wildman–Crippen LogP) is 3.01. The van der Waals surface area contributed by atoms with E-state index in [1.54, 1.807) is 36.4 Å². The standard InChI is InChI=1S/C17H19N3O4S/c1-12-4-8-14(9-5-12)18-16(21)19-17(22)20(25(3,23)24)15-10-6-13(2)7-11-15/h4-11H,1-3H3,(H2,18,19,21,22). The molecule has 132 valence electrons. The Morgan fingerprint density at radius 2 is 1.36 bits per heavy atom. The molecular weight excluding hydrogens is 342 g/mol. The Balaban J connectivity index is 2.15. The molecule has 2 aromatic carbocycles. The van der Waals surface area contributed by atoms with Crippen molar-refractivity contribution in [3.63, 3.8) is 0 Å². The summed E-state index contributed by atoms with van der Waals surface area (Å²) in [5.41, 5.74) is 2.56. The fourth-order valence-electron chi connectivity index (χ4n) is 2.09. The zero-order valence-electron chi connectivity index (χ0n) is 14.1. The van der Waals surface area contributed by atoms with Gasteiger partial charge in [-0.15, -0.1) is 0 Å². The van der Waals surface area contributed by atoms with Gasteiger partial charge in [0.25, 0.3) is 0 Å². The Morgan fingerprint density at radius 3 is 1.84 bits per heavy atom. The van der Waals surface area contributed by atoms with E-state index in [9.17, 15) is 18.0 Å². The van der Waals surface area contributed by atoms with Gasteiger partial charge in [0, 0.05) is 5.69 Å². The molecule has 0 bridgehead atoms. The monoisotopic (exact) mass is 361 g/mol. The normalized spacial score (nSPS) is 10.8. The maximum atomic E-state index is 12.3. The number of anilines is 2. The van der Waals surface area contributed by atoms with E-state index >= 15 is 0 Å². The predicted molar refractivity (Wildman–Crippen MR) is 97.2 cm³/mol. The lowest BCUT2D eigenvalue weighted by Crippen LogP contribution is -2.47. The van der Waals surface area contributed by atoms with Crippen LogP contribution in [0.4, 0.5) is 21.0 Å². The minimum Gasteiger partial charge on any atom is -0.308 e. The molecule has 4 amide bonds. The van der Waals surface area contributed by atoms with Crippen LogP contribution >= 0.6 is 0 Å². The number of amides is 4. The van der Waals surface area contributed by atoms with Crippen molar-refractivity contribution in [2.24, 2.45) is 0 Å². The molecule has 0 unspecified atom stereocenters. The summed E-state index contributed by atoms with van der Waals surface area (Å²) >= 11 is 0. The van der Waals surface area contributed by atoms with Crippen LogP contribution in [0.2, 0.25) is 0 Å². The van der Waals surface area contributed by atoms with Crippen LogP contribution in [0.15, 0.2) is 48.5 Å². The molecule has 7 nitrogen and oxygen atoms in total. The van der Waals surface area contributed by atoms with Gasteiger partial charge in [0.1, 0.15) is 0 Å². The van der Waals surface area contributed by atoms with E-state index in [0.29, 0.717) is 9.99 Å². The van der Waals surface area contributed by atoms with Crippen LogP contribution < -0.4 is 14.9 Å². The number of rotatable bonds is 3. The second-order valence-corrected chi connectivity index (χ2v) is 7.44. The maximum absolute atomic E-state index is 12.3. The highest BCUT2D eigenvalue weighted by Gasteiger charge is 2.26. The third-order valence-electron chi connectivity index (χ3n) is 3.31. The average Bonchev–Trinajstić information content (AvgIpc) is 2.50. The molecule has 8 heteroatoms. The van der Waals surface area contributed by atoms with Gasteiger partial charge < -0.3 is 5.32 Å². The lowest BCUT2D eigenvalue weighted by Gasteiger charge is -2.20. The molecule has 2 rings (SSSR count). The summed E-state index contributed by atoms with van der Waals surface area (Å²) in [4.78, 5) is 24.3. The Kier molecular flexibility index (Phi) is 5.43. The van der Waals surface area contributed by atoms with Gasteiger partial charge in [-0.05, 0) is 38.1 Å². The van der Waals surface area contributed by atoms with Gasteiger partial charge in [-0.2, -0.15) is 4.31 Å². The topological polar surface area (TPSA) is 95.6 Å². The quantitative estimate of drug-likeness (QED) is 0.878. The van der Waals surface area contributed by atoms with E-state index < -0.39 is 22.1 Å². The highest BCUT2D eigenvalue weighted by molar-refractivity contribution is 7.92. The molecule has 0 aliphatic heterocycles. The molecule has 0 aromatic heterocycles. The molecule has 25 heavy (non-hydrogen) atoms. The van der Waals surface area contributed by atoms with Crippen molar-refractivity contribution in [1.82, 2.24) is 5.32 Å². The second kappa shape index (κ2) is 7.35. The fraction of sp³-hybridized carbons (Fsp3) is 0.176. The highest BCUT2D eigenvalue weighted by atomic mass is 32.2. The molecule has 0 aliphatic rings. The van der Waals surface area contributed by atoms with Crippen LogP contribution in [-0.4, -0.2) is 26.7 Å². The van der Waals surface area contributed by atoms with E-state index in [4.69, 9.17) is 0 Å². The van der Waals surface area contributed by atoms with E-state index in [-0.39, 0.29) is 5.69 Å². The number of carbonyl (C=O) groups is 2.